The van der Waals surface area contributed by atoms with Gasteiger partial charge in [0, 0.05) is 5.39 Å². The van der Waals surface area contributed by atoms with Crippen molar-refractivity contribution in [2.24, 2.45) is 5.41 Å². The summed E-state index contributed by atoms with van der Waals surface area (Å²) in [7, 11) is -1.91. The number of carbonyl (C=O) groups is 1. The summed E-state index contributed by atoms with van der Waals surface area (Å²) in [6.45, 7) is 12.6. The van der Waals surface area contributed by atoms with Crippen molar-refractivity contribution in [2.75, 3.05) is 0 Å². The Kier molecular flexibility index (Phi) is 3.97. The van der Waals surface area contributed by atoms with Crippen molar-refractivity contribution in [1.29, 1.82) is 0 Å². The van der Waals surface area contributed by atoms with E-state index in [1.54, 1.807) is 13.1 Å². The molecule has 0 saturated heterocycles. The maximum atomic E-state index is 12.0. The summed E-state index contributed by atoms with van der Waals surface area (Å²) in [5, 5.41) is 7.75. The average molecular weight is 304 g/mol. The van der Waals surface area contributed by atoms with Gasteiger partial charge in [-0.2, -0.15) is 5.10 Å². The van der Waals surface area contributed by atoms with Crippen LogP contribution in [0.3, 0.4) is 0 Å². The number of nitrogens with one attached hydrogen (secondary N) is 1. The van der Waals surface area contributed by atoms with E-state index in [2.05, 4.69) is 44.1 Å². The fourth-order valence-electron chi connectivity index (χ4n) is 3.06. The quantitative estimate of drug-likeness (QED) is 0.673. The number of fused-ring (bicyclic) bond motifs is 1. The Morgan fingerprint density at radius 3 is 2.57 bits per heavy atom. The number of hydrogen-bond donors (Lipinski definition) is 1. The lowest BCUT2D eigenvalue weighted by atomic mass is 10.0. The maximum Gasteiger partial charge on any atom is 0.245 e. The molecule has 0 bridgehead atoms. The molecule has 1 aromatic carbocycles. The van der Waals surface area contributed by atoms with Gasteiger partial charge in [-0.05, 0) is 43.6 Å². The summed E-state index contributed by atoms with van der Waals surface area (Å²) in [5.74, 6) is 0.704. The molecule has 114 valence electrons. The van der Waals surface area contributed by atoms with Crippen molar-refractivity contribution in [3.8, 4) is 5.75 Å². The summed E-state index contributed by atoms with van der Waals surface area (Å²) in [4.78, 5) is 12.0. The van der Waals surface area contributed by atoms with Gasteiger partial charge in [-0.25, -0.2) is 0 Å². The minimum absolute atomic E-state index is 0.0116. The zero-order valence-electron chi connectivity index (χ0n) is 13.7. The van der Waals surface area contributed by atoms with Crippen LogP contribution in [0.15, 0.2) is 18.3 Å². The lowest BCUT2D eigenvalue weighted by molar-refractivity contribution is 0.101. The van der Waals surface area contributed by atoms with Crippen molar-refractivity contribution >= 4 is 25.0 Å². The van der Waals surface area contributed by atoms with Crippen molar-refractivity contribution in [3.63, 3.8) is 0 Å². The second kappa shape index (κ2) is 5.29. The summed E-state index contributed by atoms with van der Waals surface area (Å²) in [5.41, 5.74) is 1.71. The number of nitrogens with zero attached hydrogens (tertiary/aromatic N) is 1. The zero-order chi connectivity index (χ0) is 15.8. The van der Waals surface area contributed by atoms with E-state index in [0.717, 1.165) is 16.9 Å². The Hall–Kier alpha value is -1.62. The molecule has 0 aliphatic rings. The summed E-state index contributed by atoms with van der Waals surface area (Å²) in [6, 6.07) is 4.83. The zero-order valence-corrected chi connectivity index (χ0v) is 14.7. The van der Waals surface area contributed by atoms with Gasteiger partial charge in [-0.3, -0.25) is 9.89 Å². The topological polar surface area (TPSA) is 55.0 Å². The largest absolute Gasteiger partial charge is 0.544 e. The average Bonchev–Trinajstić information content (AvgIpc) is 2.71. The van der Waals surface area contributed by atoms with Crippen LogP contribution in [-0.2, 0) is 0 Å². The van der Waals surface area contributed by atoms with Crippen molar-refractivity contribution in [3.05, 3.63) is 23.9 Å². The highest BCUT2D eigenvalue weighted by Crippen LogP contribution is 2.33. The van der Waals surface area contributed by atoms with Crippen LogP contribution in [0.25, 0.3) is 10.9 Å². The van der Waals surface area contributed by atoms with Gasteiger partial charge in [0.1, 0.15) is 5.75 Å². The van der Waals surface area contributed by atoms with Crippen molar-refractivity contribution in [1.82, 2.24) is 10.2 Å². The molecule has 0 aliphatic heterocycles. The summed E-state index contributed by atoms with van der Waals surface area (Å²) in [6.07, 6.45) is 1.69. The minimum atomic E-state index is -1.91. The van der Waals surface area contributed by atoms with Crippen LogP contribution < -0.4 is 4.43 Å². The van der Waals surface area contributed by atoms with Crippen LogP contribution in [-0.4, -0.2) is 24.3 Å². The number of hydrogen-bond acceptors (Lipinski definition) is 3. The van der Waals surface area contributed by atoms with E-state index in [4.69, 9.17) is 4.43 Å². The third-order valence-electron chi connectivity index (χ3n) is 3.28. The molecule has 0 saturated carbocycles. The van der Waals surface area contributed by atoms with E-state index in [9.17, 15) is 4.79 Å². The van der Waals surface area contributed by atoms with E-state index in [0.29, 0.717) is 11.3 Å². The molecule has 2 aromatic rings. The third-order valence-corrected chi connectivity index (χ3v) is 5.96. The molecule has 5 heteroatoms. The van der Waals surface area contributed by atoms with Crippen LogP contribution >= 0.6 is 0 Å². The molecule has 0 fully saturated rings. The van der Waals surface area contributed by atoms with Gasteiger partial charge >= 0.3 is 0 Å². The first-order valence-electron chi connectivity index (χ1n) is 7.25. The molecular formula is C16H24N2O2Si. The first kappa shape index (κ1) is 15.8. The fraction of sp³-hybridized carbons (Fsp3) is 0.500. The molecule has 2 rings (SSSR count). The van der Waals surface area contributed by atoms with Gasteiger partial charge in [0.2, 0.25) is 8.32 Å². The predicted octanol–water partition coefficient (Wildman–Crippen LogP) is 4.40. The molecule has 1 heterocycles. The highest BCUT2D eigenvalue weighted by atomic mass is 28.4. The Labute approximate surface area is 127 Å². The number of H-pyrrole nitrogens is 1. The van der Waals surface area contributed by atoms with Crippen LogP contribution in [0.4, 0.5) is 0 Å². The summed E-state index contributed by atoms with van der Waals surface area (Å²) >= 11 is 0. The van der Waals surface area contributed by atoms with Crippen LogP contribution in [0.2, 0.25) is 19.1 Å². The molecule has 0 atom stereocenters. The Morgan fingerprint density at radius 2 is 2.00 bits per heavy atom. The Balaban J connectivity index is 2.42. The normalized spacial score (nSPS) is 12.7. The lowest BCUT2D eigenvalue weighted by Gasteiger charge is -2.31. The molecule has 21 heavy (non-hydrogen) atoms. The van der Waals surface area contributed by atoms with E-state index >= 15 is 0 Å². The van der Waals surface area contributed by atoms with E-state index in [-0.39, 0.29) is 11.2 Å². The predicted molar refractivity (Wildman–Crippen MR) is 88.5 cm³/mol. The standard InChI is InChI=1S/C16H24N2O2Si/c1-11(19)15-12-9-17-18-13(12)7-8-14(15)20-21(5,6)10-16(2,3)4/h7-9H,10H2,1-6H3,(H,17,18). The van der Waals surface area contributed by atoms with E-state index in [1.165, 1.54) is 0 Å². The smallest absolute Gasteiger partial charge is 0.245 e. The number of carbonyl (C=O) groups excluding carboxylic acids is 1. The SMILES string of the molecule is CC(=O)c1c(O[Si](C)(C)CC(C)(C)C)ccc2[nH]ncc12. The molecule has 1 N–H and O–H groups in total. The highest BCUT2D eigenvalue weighted by Gasteiger charge is 2.32. The first-order valence-corrected chi connectivity index (χ1v) is 10.4. The maximum absolute atomic E-state index is 12.0. The van der Waals surface area contributed by atoms with Crippen molar-refractivity contribution < 1.29 is 9.22 Å². The highest BCUT2D eigenvalue weighted by molar-refractivity contribution is 6.72. The first-order chi connectivity index (χ1) is 9.59. The van der Waals surface area contributed by atoms with Gasteiger partial charge in [0.15, 0.2) is 5.78 Å². The molecule has 0 aliphatic carbocycles. The molecular weight excluding hydrogens is 280 g/mol. The van der Waals surface area contributed by atoms with Gasteiger partial charge in [0.25, 0.3) is 0 Å². The number of Topliss-reactive ketones (excluding diaryl/α,β-unsaturated/α-hetero) is 1. The van der Waals surface area contributed by atoms with E-state index in [1.807, 2.05) is 12.1 Å². The molecule has 1 aromatic heterocycles. The number of aromatic amines is 1. The Bertz CT molecular complexity index is 668. The lowest BCUT2D eigenvalue weighted by Crippen LogP contribution is -2.38. The molecule has 4 nitrogen and oxygen atoms in total. The minimum Gasteiger partial charge on any atom is -0.544 e. The van der Waals surface area contributed by atoms with Crippen molar-refractivity contribution in [2.45, 2.75) is 46.8 Å². The number of rotatable bonds is 4. The molecule has 0 radical (unpaired) electrons. The fourth-order valence-corrected chi connectivity index (χ4v) is 6.45. The third kappa shape index (κ3) is 3.72. The monoisotopic (exact) mass is 304 g/mol. The van der Waals surface area contributed by atoms with Gasteiger partial charge in [-0.1, -0.05) is 20.8 Å². The number of aromatic nitrogens is 2. The number of benzene rings is 1. The van der Waals surface area contributed by atoms with Crippen LogP contribution in [0.5, 0.6) is 5.75 Å². The molecule has 0 spiro atoms. The Morgan fingerprint density at radius 1 is 1.33 bits per heavy atom. The number of ketones is 1. The van der Waals surface area contributed by atoms with Gasteiger partial charge in [-0.15, -0.1) is 0 Å². The van der Waals surface area contributed by atoms with Gasteiger partial charge in [0.05, 0.1) is 17.3 Å². The molecule has 0 unspecified atom stereocenters. The second-order valence-corrected chi connectivity index (χ2v) is 11.5. The van der Waals surface area contributed by atoms with Gasteiger partial charge < -0.3 is 4.43 Å². The van der Waals surface area contributed by atoms with Crippen LogP contribution in [0.1, 0.15) is 38.1 Å². The second-order valence-electron chi connectivity index (χ2n) is 7.43. The summed E-state index contributed by atoms with van der Waals surface area (Å²) < 4.78 is 6.32. The molecule has 0 amide bonds. The van der Waals surface area contributed by atoms with E-state index < -0.39 is 8.32 Å². The van der Waals surface area contributed by atoms with Crippen LogP contribution in [0, 0.1) is 5.41 Å².